The summed E-state index contributed by atoms with van der Waals surface area (Å²) in [4.78, 5) is 0. The fourth-order valence-corrected chi connectivity index (χ4v) is 2.44. The molecule has 2 rings (SSSR count). The van der Waals surface area contributed by atoms with E-state index in [1.165, 1.54) is 27.8 Å². The summed E-state index contributed by atoms with van der Waals surface area (Å²) in [6.45, 7) is 4.26. The third-order valence-electron chi connectivity index (χ3n) is 3.05. The van der Waals surface area contributed by atoms with Crippen molar-refractivity contribution >= 4 is 11.6 Å². The van der Waals surface area contributed by atoms with Crippen LogP contribution in [0.4, 0.5) is 0 Å². The molecule has 0 N–H and O–H groups in total. The van der Waals surface area contributed by atoms with Gasteiger partial charge in [-0.1, -0.05) is 42.5 Å². The number of aryl methyl sites for hydroxylation is 1. The molecular weight excluding hydrogens is 216 g/mol. The fraction of sp³-hybridized carbons (Fsp3) is 0.200. The van der Waals surface area contributed by atoms with E-state index in [1.54, 1.807) is 0 Å². The molecule has 16 heavy (non-hydrogen) atoms. The molecular formula is C15H15Cl. The smallest absolute Gasteiger partial charge is 0.0479 e. The van der Waals surface area contributed by atoms with Gasteiger partial charge in [-0.3, -0.25) is 0 Å². The molecule has 1 heteroatoms. The van der Waals surface area contributed by atoms with Crippen LogP contribution in [0.1, 0.15) is 16.7 Å². The van der Waals surface area contributed by atoms with Crippen LogP contribution in [0.2, 0.25) is 0 Å². The molecule has 0 aliphatic heterocycles. The molecule has 0 atom stereocenters. The van der Waals surface area contributed by atoms with Gasteiger partial charge in [0.1, 0.15) is 0 Å². The predicted molar refractivity (Wildman–Crippen MR) is 70.9 cm³/mol. The molecule has 0 heterocycles. The highest BCUT2D eigenvalue weighted by Crippen LogP contribution is 2.28. The lowest BCUT2D eigenvalue weighted by atomic mass is 9.94. The summed E-state index contributed by atoms with van der Waals surface area (Å²) in [7, 11) is 0. The molecule has 0 aliphatic rings. The summed E-state index contributed by atoms with van der Waals surface area (Å²) in [6, 6.07) is 14.8. The second-order valence-corrected chi connectivity index (χ2v) is 4.30. The van der Waals surface area contributed by atoms with Gasteiger partial charge in [0, 0.05) is 5.88 Å². The Morgan fingerprint density at radius 1 is 0.938 bits per heavy atom. The van der Waals surface area contributed by atoms with Crippen molar-refractivity contribution in [3.63, 3.8) is 0 Å². The van der Waals surface area contributed by atoms with Crippen LogP contribution in [0, 0.1) is 13.8 Å². The second-order valence-electron chi connectivity index (χ2n) is 4.03. The highest BCUT2D eigenvalue weighted by Gasteiger charge is 2.07. The van der Waals surface area contributed by atoms with Crippen molar-refractivity contribution in [1.29, 1.82) is 0 Å². The number of halogens is 1. The first-order chi connectivity index (χ1) is 7.74. The standard InChI is InChI=1S/C15H15Cl/c1-11-8-9-14(12(2)15(11)10-16)13-6-4-3-5-7-13/h3-9H,10H2,1-2H3. The van der Waals surface area contributed by atoms with E-state index >= 15 is 0 Å². The van der Waals surface area contributed by atoms with Gasteiger partial charge in [0.25, 0.3) is 0 Å². The Bertz CT molecular complexity index is 486. The van der Waals surface area contributed by atoms with E-state index in [9.17, 15) is 0 Å². The van der Waals surface area contributed by atoms with Gasteiger partial charge >= 0.3 is 0 Å². The first-order valence-electron chi connectivity index (χ1n) is 5.44. The van der Waals surface area contributed by atoms with Crippen LogP contribution < -0.4 is 0 Å². The van der Waals surface area contributed by atoms with Gasteiger partial charge in [-0.2, -0.15) is 0 Å². The number of alkyl halides is 1. The quantitative estimate of drug-likeness (QED) is 0.656. The maximum atomic E-state index is 6.00. The van der Waals surface area contributed by atoms with E-state index < -0.39 is 0 Å². The first kappa shape index (κ1) is 11.2. The maximum Gasteiger partial charge on any atom is 0.0479 e. The number of rotatable bonds is 2. The molecule has 2 aromatic carbocycles. The van der Waals surface area contributed by atoms with Crippen molar-refractivity contribution in [2.24, 2.45) is 0 Å². The Balaban J connectivity index is 2.59. The Kier molecular flexibility index (Phi) is 3.31. The molecule has 2 aromatic rings. The Hall–Kier alpha value is -1.27. The van der Waals surface area contributed by atoms with Crippen molar-refractivity contribution in [3.05, 3.63) is 59.2 Å². The van der Waals surface area contributed by atoms with Gasteiger partial charge in [0.2, 0.25) is 0 Å². The van der Waals surface area contributed by atoms with Crippen LogP contribution in [0.15, 0.2) is 42.5 Å². The van der Waals surface area contributed by atoms with Crippen molar-refractivity contribution in [3.8, 4) is 11.1 Å². The van der Waals surface area contributed by atoms with E-state index in [0.29, 0.717) is 5.88 Å². The summed E-state index contributed by atoms with van der Waals surface area (Å²) < 4.78 is 0. The molecule has 0 spiro atoms. The largest absolute Gasteiger partial charge is 0.122 e. The number of benzene rings is 2. The summed E-state index contributed by atoms with van der Waals surface area (Å²) in [5, 5.41) is 0. The highest BCUT2D eigenvalue weighted by molar-refractivity contribution is 6.17. The highest BCUT2D eigenvalue weighted by atomic mass is 35.5. The molecule has 82 valence electrons. The van der Waals surface area contributed by atoms with Crippen LogP contribution >= 0.6 is 11.6 Å². The minimum Gasteiger partial charge on any atom is -0.122 e. The molecule has 0 aliphatic carbocycles. The molecule has 0 fully saturated rings. The van der Waals surface area contributed by atoms with Crippen LogP contribution in [0.5, 0.6) is 0 Å². The normalized spacial score (nSPS) is 10.4. The van der Waals surface area contributed by atoms with Gasteiger partial charge in [-0.15, -0.1) is 11.6 Å². The molecule has 0 aromatic heterocycles. The number of hydrogen-bond donors (Lipinski definition) is 0. The van der Waals surface area contributed by atoms with Gasteiger partial charge in [-0.25, -0.2) is 0 Å². The van der Waals surface area contributed by atoms with E-state index in [4.69, 9.17) is 11.6 Å². The molecule has 0 bridgehead atoms. The van der Waals surface area contributed by atoms with Crippen LogP contribution in [-0.4, -0.2) is 0 Å². The Morgan fingerprint density at radius 2 is 1.62 bits per heavy atom. The van der Waals surface area contributed by atoms with Crippen LogP contribution in [-0.2, 0) is 5.88 Å². The van der Waals surface area contributed by atoms with E-state index in [1.807, 2.05) is 6.07 Å². The SMILES string of the molecule is Cc1ccc(-c2ccccc2)c(C)c1CCl. The van der Waals surface area contributed by atoms with Crippen LogP contribution in [0.3, 0.4) is 0 Å². The molecule has 0 saturated heterocycles. The summed E-state index contributed by atoms with van der Waals surface area (Å²) >= 11 is 6.00. The summed E-state index contributed by atoms with van der Waals surface area (Å²) in [5.41, 5.74) is 6.35. The fourth-order valence-electron chi connectivity index (χ4n) is 2.03. The van der Waals surface area contributed by atoms with Gasteiger partial charge in [-0.05, 0) is 41.7 Å². The van der Waals surface area contributed by atoms with Gasteiger partial charge < -0.3 is 0 Å². The van der Waals surface area contributed by atoms with E-state index in [0.717, 1.165) is 0 Å². The molecule has 0 nitrogen and oxygen atoms in total. The Labute approximate surface area is 102 Å². The van der Waals surface area contributed by atoms with Crippen molar-refractivity contribution < 1.29 is 0 Å². The molecule has 0 amide bonds. The van der Waals surface area contributed by atoms with E-state index in [-0.39, 0.29) is 0 Å². The zero-order valence-corrected chi connectivity index (χ0v) is 10.4. The molecule has 0 unspecified atom stereocenters. The zero-order chi connectivity index (χ0) is 11.5. The lowest BCUT2D eigenvalue weighted by Crippen LogP contribution is -1.93. The van der Waals surface area contributed by atoms with Crippen molar-refractivity contribution in [2.75, 3.05) is 0 Å². The van der Waals surface area contributed by atoms with Crippen molar-refractivity contribution in [1.82, 2.24) is 0 Å². The minimum absolute atomic E-state index is 0.582. The zero-order valence-electron chi connectivity index (χ0n) is 9.63. The topological polar surface area (TPSA) is 0 Å². The summed E-state index contributed by atoms with van der Waals surface area (Å²) in [5.74, 6) is 0.582. The minimum atomic E-state index is 0.582. The third kappa shape index (κ3) is 1.98. The van der Waals surface area contributed by atoms with Gasteiger partial charge in [0.05, 0.1) is 0 Å². The van der Waals surface area contributed by atoms with Crippen molar-refractivity contribution in [2.45, 2.75) is 19.7 Å². The lowest BCUT2D eigenvalue weighted by molar-refractivity contribution is 1.23. The van der Waals surface area contributed by atoms with Crippen LogP contribution in [0.25, 0.3) is 11.1 Å². The van der Waals surface area contributed by atoms with Gasteiger partial charge in [0.15, 0.2) is 0 Å². The lowest BCUT2D eigenvalue weighted by Gasteiger charge is -2.12. The molecule has 0 radical (unpaired) electrons. The Morgan fingerprint density at radius 3 is 2.25 bits per heavy atom. The van der Waals surface area contributed by atoms with E-state index in [2.05, 4.69) is 50.2 Å². The molecule has 0 saturated carbocycles. The number of hydrogen-bond acceptors (Lipinski definition) is 0. The monoisotopic (exact) mass is 230 g/mol. The third-order valence-corrected chi connectivity index (χ3v) is 3.32. The predicted octanol–water partition coefficient (Wildman–Crippen LogP) is 4.71. The first-order valence-corrected chi connectivity index (χ1v) is 5.98. The maximum absolute atomic E-state index is 6.00. The summed E-state index contributed by atoms with van der Waals surface area (Å²) in [6.07, 6.45) is 0. The second kappa shape index (κ2) is 4.71. The average molecular weight is 231 g/mol. The average Bonchev–Trinajstić information content (AvgIpc) is 2.31.